The third kappa shape index (κ3) is 3.45. The van der Waals surface area contributed by atoms with Gasteiger partial charge in [-0.1, -0.05) is 32.4 Å². The van der Waals surface area contributed by atoms with Crippen molar-refractivity contribution in [1.29, 1.82) is 0 Å². The molecule has 0 aliphatic carbocycles. The average molecular weight is 306 g/mol. The zero-order valence-corrected chi connectivity index (χ0v) is 13.7. The van der Waals surface area contributed by atoms with Crippen LogP contribution in [0.4, 0.5) is 5.82 Å². The zero-order chi connectivity index (χ0) is 15.6. The number of aromatic nitrogens is 2. The number of ether oxygens (including phenoxy) is 1. The van der Waals surface area contributed by atoms with Crippen LogP contribution in [0.25, 0.3) is 11.4 Å². The first kappa shape index (κ1) is 15.6. The molecule has 1 aromatic heterocycles. The smallest absolute Gasteiger partial charge is 0.165 e. The number of benzene rings is 1. The van der Waals surface area contributed by atoms with Gasteiger partial charge in [0.15, 0.2) is 5.82 Å². The van der Waals surface area contributed by atoms with Crippen LogP contribution < -0.4 is 10.1 Å². The van der Waals surface area contributed by atoms with Gasteiger partial charge in [-0.25, -0.2) is 9.97 Å². The minimum absolute atomic E-state index is 0.0665. The monoisotopic (exact) mass is 305 g/mol. The van der Waals surface area contributed by atoms with Crippen molar-refractivity contribution in [3.05, 3.63) is 35.0 Å². The minimum Gasteiger partial charge on any atom is -0.496 e. The second-order valence-corrected chi connectivity index (χ2v) is 6.24. The summed E-state index contributed by atoms with van der Waals surface area (Å²) < 4.78 is 5.39. The lowest BCUT2D eigenvalue weighted by molar-refractivity contribution is 0.416. The van der Waals surface area contributed by atoms with Gasteiger partial charge in [-0.3, -0.25) is 0 Å². The molecule has 0 saturated carbocycles. The second kappa shape index (κ2) is 5.90. The van der Waals surface area contributed by atoms with E-state index in [1.807, 2.05) is 25.2 Å². The van der Waals surface area contributed by atoms with Crippen molar-refractivity contribution in [3.63, 3.8) is 0 Å². The zero-order valence-electron chi connectivity index (χ0n) is 13.0. The molecule has 4 nitrogen and oxygen atoms in total. The molecule has 0 unspecified atom stereocenters. The Morgan fingerprint density at radius 1 is 1.14 bits per heavy atom. The number of nitrogens with zero attached hydrogens (tertiary/aromatic N) is 2. The Bertz CT molecular complexity index is 650. The SMILES string of the molecule is CNc1cc(C(C)(C)C)nc(-c2ccc(Cl)cc2OC)n1. The lowest BCUT2D eigenvalue weighted by Crippen LogP contribution is -2.15. The average Bonchev–Trinajstić information content (AvgIpc) is 2.45. The molecule has 0 amide bonds. The van der Waals surface area contributed by atoms with Gasteiger partial charge in [0.05, 0.1) is 18.4 Å². The summed E-state index contributed by atoms with van der Waals surface area (Å²) in [5.41, 5.74) is 1.72. The Morgan fingerprint density at radius 2 is 1.86 bits per heavy atom. The van der Waals surface area contributed by atoms with Crippen molar-refractivity contribution in [2.75, 3.05) is 19.5 Å². The molecule has 5 heteroatoms. The van der Waals surface area contributed by atoms with Crippen molar-refractivity contribution in [2.24, 2.45) is 0 Å². The molecule has 1 heterocycles. The van der Waals surface area contributed by atoms with Crippen LogP contribution in [0, 0.1) is 0 Å². The lowest BCUT2D eigenvalue weighted by Gasteiger charge is -2.20. The number of methoxy groups -OCH3 is 1. The fraction of sp³-hybridized carbons (Fsp3) is 0.375. The number of hydrogen-bond acceptors (Lipinski definition) is 4. The van der Waals surface area contributed by atoms with Crippen LogP contribution in [0.3, 0.4) is 0 Å². The van der Waals surface area contributed by atoms with Gasteiger partial charge < -0.3 is 10.1 Å². The molecule has 1 N–H and O–H groups in total. The number of rotatable bonds is 3. The summed E-state index contributed by atoms with van der Waals surface area (Å²) in [4.78, 5) is 9.22. The van der Waals surface area contributed by atoms with Gasteiger partial charge in [-0.05, 0) is 18.2 Å². The predicted molar refractivity (Wildman–Crippen MR) is 87.3 cm³/mol. The predicted octanol–water partition coefficient (Wildman–Crippen LogP) is 4.14. The van der Waals surface area contributed by atoms with E-state index in [4.69, 9.17) is 16.3 Å². The summed E-state index contributed by atoms with van der Waals surface area (Å²) in [5.74, 6) is 2.07. The van der Waals surface area contributed by atoms with Crippen LogP contribution in [0.1, 0.15) is 26.5 Å². The summed E-state index contributed by atoms with van der Waals surface area (Å²) in [6.07, 6.45) is 0. The molecule has 0 atom stereocenters. The summed E-state index contributed by atoms with van der Waals surface area (Å²) in [6, 6.07) is 7.42. The molecule has 112 valence electrons. The minimum atomic E-state index is -0.0665. The van der Waals surface area contributed by atoms with Crippen LogP contribution in [0.2, 0.25) is 5.02 Å². The van der Waals surface area contributed by atoms with E-state index in [0.29, 0.717) is 16.6 Å². The summed E-state index contributed by atoms with van der Waals surface area (Å²) in [6.45, 7) is 6.37. The van der Waals surface area contributed by atoms with Crippen molar-refractivity contribution in [3.8, 4) is 17.1 Å². The molecule has 0 spiro atoms. The number of nitrogens with one attached hydrogen (secondary N) is 1. The van der Waals surface area contributed by atoms with E-state index in [-0.39, 0.29) is 5.41 Å². The maximum absolute atomic E-state index is 6.01. The maximum atomic E-state index is 6.01. The molecule has 21 heavy (non-hydrogen) atoms. The van der Waals surface area contributed by atoms with Crippen LogP contribution in [-0.2, 0) is 5.41 Å². The highest BCUT2D eigenvalue weighted by molar-refractivity contribution is 6.30. The first-order valence-corrected chi connectivity index (χ1v) is 7.14. The van der Waals surface area contributed by atoms with Gasteiger partial charge in [0, 0.05) is 23.6 Å². The molecule has 0 aliphatic rings. The molecule has 0 saturated heterocycles. The highest BCUT2D eigenvalue weighted by Crippen LogP contribution is 2.32. The van der Waals surface area contributed by atoms with Gasteiger partial charge in [-0.15, -0.1) is 0 Å². The number of halogens is 1. The Labute approximate surface area is 130 Å². The Morgan fingerprint density at radius 3 is 2.43 bits per heavy atom. The van der Waals surface area contributed by atoms with Crippen LogP contribution in [0.5, 0.6) is 5.75 Å². The highest BCUT2D eigenvalue weighted by Gasteiger charge is 2.19. The van der Waals surface area contributed by atoms with Crippen molar-refractivity contribution in [1.82, 2.24) is 9.97 Å². The molecular formula is C16H20ClN3O. The van der Waals surface area contributed by atoms with Gasteiger partial charge in [0.25, 0.3) is 0 Å². The normalized spacial score (nSPS) is 11.3. The summed E-state index contributed by atoms with van der Waals surface area (Å²) in [5, 5.41) is 3.70. The van der Waals surface area contributed by atoms with Gasteiger partial charge >= 0.3 is 0 Å². The Kier molecular flexibility index (Phi) is 4.37. The molecular weight excluding hydrogens is 286 g/mol. The first-order valence-electron chi connectivity index (χ1n) is 6.76. The molecule has 0 bridgehead atoms. The van der Waals surface area contributed by atoms with E-state index in [9.17, 15) is 0 Å². The largest absolute Gasteiger partial charge is 0.496 e. The van der Waals surface area contributed by atoms with Crippen molar-refractivity contribution >= 4 is 17.4 Å². The molecule has 0 fully saturated rings. The Hall–Kier alpha value is -1.81. The van der Waals surface area contributed by atoms with Gasteiger partial charge in [-0.2, -0.15) is 0 Å². The molecule has 1 aromatic carbocycles. The summed E-state index contributed by atoms with van der Waals surface area (Å²) >= 11 is 6.01. The number of anilines is 1. The lowest BCUT2D eigenvalue weighted by atomic mass is 9.91. The van der Waals surface area contributed by atoms with E-state index in [1.54, 1.807) is 13.2 Å². The molecule has 0 aliphatic heterocycles. The van der Waals surface area contributed by atoms with E-state index in [2.05, 4.69) is 36.1 Å². The van der Waals surface area contributed by atoms with Crippen LogP contribution >= 0.6 is 11.6 Å². The fourth-order valence-corrected chi connectivity index (χ4v) is 2.09. The van der Waals surface area contributed by atoms with Crippen LogP contribution in [-0.4, -0.2) is 24.1 Å². The van der Waals surface area contributed by atoms with E-state index >= 15 is 0 Å². The summed E-state index contributed by atoms with van der Waals surface area (Å²) in [7, 11) is 3.46. The van der Waals surface area contributed by atoms with Gasteiger partial charge in [0.2, 0.25) is 0 Å². The van der Waals surface area contributed by atoms with Gasteiger partial charge in [0.1, 0.15) is 11.6 Å². The van der Waals surface area contributed by atoms with Crippen molar-refractivity contribution in [2.45, 2.75) is 26.2 Å². The number of hydrogen-bond donors (Lipinski definition) is 1. The van der Waals surface area contributed by atoms with Crippen molar-refractivity contribution < 1.29 is 4.74 Å². The fourth-order valence-electron chi connectivity index (χ4n) is 1.93. The second-order valence-electron chi connectivity index (χ2n) is 5.81. The molecule has 0 radical (unpaired) electrons. The standard InChI is InChI=1S/C16H20ClN3O/c1-16(2,3)13-9-14(18-4)20-15(19-13)11-7-6-10(17)8-12(11)21-5/h6-9H,1-5H3,(H,18,19,20). The topological polar surface area (TPSA) is 47.0 Å². The third-order valence-electron chi connectivity index (χ3n) is 3.16. The van der Waals surface area contributed by atoms with E-state index < -0.39 is 0 Å². The molecule has 2 aromatic rings. The highest BCUT2D eigenvalue weighted by atomic mass is 35.5. The Balaban J connectivity index is 2.63. The third-order valence-corrected chi connectivity index (χ3v) is 3.39. The van der Waals surface area contributed by atoms with E-state index in [0.717, 1.165) is 17.1 Å². The van der Waals surface area contributed by atoms with E-state index in [1.165, 1.54) is 0 Å². The van der Waals surface area contributed by atoms with Crippen LogP contribution in [0.15, 0.2) is 24.3 Å². The molecule has 2 rings (SSSR count). The maximum Gasteiger partial charge on any atom is 0.165 e. The quantitative estimate of drug-likeness (QED) is 0.925. The first-order chi connectivity index (χ1) is 9.85.